The van der Waals surface area contributed by atoms with E-state index >= 15 is 0 Å². The van der Waals surface area contributed by atoms with Gasteiger partial charge in [0, 0.05) is 10.2 Å². The summed E-state index contributed by atoms with van der Waals surface area (Å²) in [7, 11) is 0. The molecule has 0 heterocycles. The van der Waals surface area contributed by atoms with Crippen molar-refractivity contribution in [1.82, 2.24) is 0 Å². The molecule has 2 heteroatoms. The normalized spacial score (nSPS) is 10.7. The van der Waals surface area contributed by atoms with Crippen LogP contribution in [0, 0.1) is 0 Å². The molecule has 0 aliphatic heterocycles. The average Bonchev–Trinajstić information content (AvgIpc) is 1.98. The molecule has 0 aromatic heterocycles. The first kappa shape index (κ1) is 8.34. The number of allylic oxidation sites excluding steroid dienone is 1. The Morgan fingerprint density at radius 2 is 2.18 bits per heavy atom. The molecule has 11 heavy (non-hydrogen) atoms. The van der Waals surface area contributed by atoms with E-state index in [0.717, 1.165) is 15.7 Å². The Morgan fingerprint density at radius 3 is 2.73 bits per heavy atom. The van der Waals surface area contributed by atoms with E-state index in [1.54, 1.807) is 0 Å². The molecule has 1 aromatic carbocycles. The first-order valence-corrected chi connectivity index (χ1v) is 4.21. The lowest BCUT2D eigenvalue weighted by Gasteiger charge is -1.98. The van der Waals surface area contributed by atoms with Gasteiger partial charge in [0.25, 0.3) is 0 Å². The second-order valence-electron chi connectivity index (χ2n) is 2.28. The Hall–Kier alpha value is -0.760. The lowest BCUT2D eigenvalue weighted by atomic mass is 10.2. The molecule has 0 saturated heterocycles. The Morgan fingerprint density at radius 1 is 1.45 bits per heavy atom. The fourth-order valence-electron chi connectivity index (χ4n) is 0.840. The van der Waals surface area contributed by atoms with Crippen molar-refractivity contribution >= 4 is 27.7 Å². The van der Waals surface area contributed by atoms with Crippen molar-refractivity contribution in [3.8, 4) is 0 Å². The molecular formula is C9H10BrN. The van der Waals surface area contributed by atoms with Crippen molar-refractivity contribution in [2.24, 2.45) is 0 Å². The second-order valence-corrected chi connectivity index (χ2v) is 3.14. The van der Waals surface area contributed by atoms with Crippen LogP contribution in [0.4, 0.5) is 5.69 Å². The molecule has 0 amide bonds. The number of halogens is 1. The predicted molar refractivity (Wildman–Crippen MR) is 53.3 cm³/mol. The van der Waals surface area contributed by atoms with Gasteiger partial charge in [0.05, 0.1) is 0 Å². The molecular weight excluding hydrogens is 202 g/mol. The van der Waals surface area contributed by atoms with Crippen molar-refractivity contribution in [2.75, 3.05) is 5.73 Å². The monoisotopic (exact) mass is 211 g/mol. The lowest BCUT2D eigenvalue weighted by Crippen LogP contribution is -1.85. The predicted octanol–water partition coefficient (Wildman–Crippen LogP) is 3.06. The van der Waals surface area contributed by atoms with Crippen LogP contribution in [0.15, 0.2) is 28.7 Å². The lowest BCUT2D eigenvalue weighted by molar-refractivity contribution is 1.59. The van der Waals surface area contributed by atoms with Crippen LogP contribution in [0.1, 0.15) is 12.5 Å². The molecule has 0 spiro atoms. The third-order valence-electron chi connectivity index (χ3n) is 1.38. The molecule has 0 unspecified atom stereocenters. The summed E-state index contributed by atoms with van der Waals surface area (Å²) < 4.78 is 0.952. The van der Waals surface area contributed by atoms with E-state index in [2.05, 4.69) is 15.9 Å². The fourth-order valence-corrected chi connectivity index (χ4v) is 1.24. The van der Waals surface area contributed by atoms with E-state index < -0.39 is 0 Å². The van der Waals surface area contributed by atoms with Crippen LogP contribution < -0.4 is 5.73 Å². The van der Waals surface area contributed by atoms with Crippen LogP contribution in [0.25, 0.3) is 6.08 Å². The van der Waals surface area contributed by atoms with Crippen molar-refractivity contribution in [3.05, 3.63) is 34.3 Å². The van der Waals surface area contributed by atoms with Gasteiger partial charge >= 0.3 is 0 Å². The standard InChI is InChI=1S/C9H10BrN/c1-2-3-7-4-5-9(11)8(10)6-7/h2-6H,11H2,1H3. The summed E-state index contributed by atoms with van der Waals surface area (Å²) in [5.41, 5.74) is 7.55. The summed E-state index contributed by atoms with van der Waals surface area (Å²) in [6.45, 7) is 1.99. The third kappa shape index (κ3) is 2.09. The van der Waals surface area contributed by atoms with Crippen LogP contribution in [-0.2, 0) is 0 Å². The first-order valence-electron chi connectivity index (χ1n) is 3.42. The maximum atomic E-state index is 5.61. The van der Waals surface area contributed by atoms with Crippen LogP contribution in [0.2, 0.25) is 0 Å². The number of hydrogen-bond acceptors (Lipinski definition) is 1. The van der Waals surface area contributed by atoms with Gasteiger partial charge < -0.3 is 5.73 Å². The summed E-state index contributed by atoms with van der Waals surface area (Å²) in [5.74, 6) is 0. The highest BCUT2D eigenvalue weighted by Crippen LogP contribution is 2.20. The van der Waals surface area contributed by atoms with E-state index in [-0.39, 0.29) is 0 Å². The fraction of sp³-hybridized carbons (Fsp3) is 0.111. The molecule has 0 saturated carbocycles. The average molecular weight is 212 g/mol. The largest absolute Gasteiger partial charge is 0.398 e. The summed E-state index contributed by atoms with van der Waals surface area (Å²) in [6, 6.07) is 5.87. The molecule has 0 aliphatic carbocycles. The summed E-state index contributed by atoms with van der Waals surface area (Å²) in [5, 5.41) is 0. The topological polar surface area (TPSA) is 26.0 Å². The van der Waals surface area contributed by atoms with Gasteiger partial charge in [-0.25, -0.2) is 0 Å². The minimum Gasteiger partial charge on any atom is -0.398 e. The zero-order valence-electron chi connectivity index (χ0n) is 6.34. The molecule has 0 aliphatic rings. The SMILES string of the molecule is CC=Cc1ccc(N)c(Br)c1. The highest BCUT2D eigenvalue weighted by atomic mass is 79.9. The van der Waals surface area contributed by atoms with Crippen LogP contribution in [0.5, 0.6) is 0 Å². The summed E-state index contributed by atoms with van der Waals surface area (Å²) in [6.07, 6.45) is 4.03. The number of nitrogens with two attached hydrogens (primary N) is 1. The molecule has 0 fully saturated rings. The molecule has 58 valence electrons. The van der Waals surface area contributed by atoms with E-state index in [1.807, 2.05) is 37.3 Å². The Balaban J connectivity index is 3.05. The van der Waals surface area contributed by atoms with E-state index in [0.29, 0.717) is 0 Å². The Bertz CT molecular complexity index is 279. The quantitative estimate of drug-likeness (QED) is 0.711. The second kappa shape index (κ2) is 3.58. The Kier molecular flexibility index (Phi) is 2.71. The Labute approximate surface area is 75.0 Å². The van der Waals surface area contributed by atoms with Gasteiger partial charge in [-0.05, 0) is 40.5 Å². The van der Waals surface area contributed by atoms with Gasteiger partial charge in [-0.2, -0.15) is 0 Å². The van der Waals surface area contributed by atoms with E-state index in [9.17, 15) is 0 Å². The zero-order valence-corrected chi connectivity index (χ0v) is 7.93. The molecule has 1 rings (SSSR count). The van der Waals surface area contributed by atoms with Crippen molar-refractivity contribution in [1.29, 1.82) is 0 Å². The highest BCUT2D eigenvalue weighted by Gasteiger charge is 1.93. The number of anilines is 1. The summed E-state index contributed by atoms with van der Waals surface area (Å²) >= 11 is 3.36. The molecule has 2 N–H and O–H groups in total. The number of hydrogen-bond donors (Lipinski definition) is 1. The minimum atomic E-state index is 0.776. The number of nitrogen functional groups attached to an aromatic ring is 1. The van der Waals surface area contributed by atoms with Crippen LogP contribution in [-0.4, -0.2) is 0 Å². The smallest absolute Gasteiger partial charge is 0.0458 e. The first-order chi connectivity index (χ1) is 5.24. The maximum Gasteiger partial charge on any atom is 0.0458 e. The molecule has 0 radical (unpaired) electrons. The van der Waals surface area contributed by atoms with E-state index in [1.165, 1.54) is 0 Å². The van der Waals surface area contributed by atoms with Gasteiger partial charge in [0.2, 0.25) is 0 Å². The highest BCUT2D eigenvalue weighted by molar-refractivity contribution is 9.10. The molecule has 0 bridgehead atoms. The molecule has 1 nitrogen and oxygen atoms in total. The van der Waals surface area contributed by atoms with Crippen LogP contribution >= 0.6 is 15.9 Å². The van der Waals surface area contributed by atoms with Gasteiger partial charge in [0.1, 0.15) is 0 Å². The van der Waals surface area contributed by atoms with Crippen molar-refractivity contribution in [2.45, 2.75) is 6.92 Å². The van der Waals surface area contributed by atoms with Gasteiger partial charge in [0.15, 0.2) is 0 Å². The van der Waals surface area contributed by atoms with Gasteiger partial charge in [-0.1, -0.05) is 18.2 Å². The van der Waals surface area contributed by atoms with E-state index in [4.69, 9.17) is 5.73 Å². The molecule has 1 aromatic rings. The van der Waals surface area contributed by atoms with Gasteiger partial charge in [-0.15, -0.1) is 0 Å². The minimum absolute atomic E-state index is 0.776. The zero-order chi connectivity index (χ0) is 8.27. The van der Waals surface area contributed by atoms with Gasteiger partial charge in [-0.3, -0.25) is 0 Å². The number of rotatable bonds is 1. The third-order valence-corrected chi connectivity index (χ3v) is 2.07. The van der Waals surface area contributed by atoms with Crippen molar-refractivity contribution in [3.63, 3.8) is 0 Å². The molecule has 0 atom stereocenters. The van der Waals surface area contributed by atoms with Crippen LogP contribution in [0.3, 0.4) is 0 Å². The number of benzene rings is 1. The summed E-state index contributed by atoms with van der Waals surface area (Å²) in [4.78, 5) is 0. The van der Waals surface area contributed by atoms with Crippen molar-refractivity contribution < 1.29 is 0 Å². The maximum absolute atomic E-state index is 5.61.